The van der Waals surface area contributed by atoms with Gasteiger partial charge in [-0.1, -0.05) is 25.5 Å². The van der Waals surface area contributed by atoms with Gasteiger partial charge in [-0.05, 0) is 49.7 Å². The van der Waals surface area contributed by atoms with Crippen molar-refractivity contribution in [3.05, 3.63) is 41.7 Å². The summed E-state index contributed by atoms with van der Waals surface area (Å²) in [6.45, 7) is 6.59. The highest BCUT2D eigenvalue weighted by Crippen LogP contribution is 2.33. The Hall–Kier alpha value is -1.49. The largest absolute Gasteiger partial charge is 0.488 e. The van der Waals surface area contributed by atoms with Crippen molar-refractivity contribution >= 4 is 0 Å². The first-order chi connectivity index (χ1) is 12.1. The molecule has 0 saturated carbocycles. The van der Waals surface area contributed by atoms with Crippen LogP contribution in [0.4, 0.5) is 13.2 Å². The minimum atomic E-state index is -2.87. The molecule has 0 spiro atoms. The van der Waals surface area contributed by atoms with Gasteiger partial charge in [0.1, 0.15) is 6.61 Å². The predicted molar refractivity (Wildman–Crippen MR) is 92.7 cm³/mol. The van der Waals surface area contributed by atoms with Gasteiger partial charge in [0, 0.05) is 6.61 Å². The van der Waals surface area contributed by atoms with Crippen LogP contribution in [0.25, 0.3) is 0 Å². The quantitative estimate of drug-likeness (QED) is 0.516. The first-order valence-electron chi connectivity index (χ1n) is 9.01. The molecule has 1 fully saturated rings. The molecule has 2 unspecified atom stereocenters. The molecule has 1 aliphatic rings. The van der Waals surface area contributed by atoms with E-state index in [4.69, 9.17) is 9.47 Å². The van der Waals surface area contributed by atoms with Crippen molar-refractivity contribution in [1.29, 1.82) is 0 Å². The SMILES string of the molecule is C=CCCc1ccc(OCC2CCC(CCC)CO2)c(F)c1C(F)F. The number of allylic oxidation sites excluding steroid dienone is 1. The Kier molecular flexibility index (Phi) is 7.82. The molecule has 25 heavy (non-hydrogen) atoms. The maximum atomic E-state index is 14.5. The van der Waals surface area contributed by atoms with Crippen LogP contribution < -0.4 is 4.74 Å². The van der Waals surface area contributed by atoms with E-state index in [1.807, 2.05) is 0 Å². The minimum absolute atomic E-state index is 0.108. The van der Waals surface area contributed by atoms with Gasteiger partial charge in [-0.15, -0.1) is 6.58 Å². The van der Waals surface area contributed by atoms with Crippen LogP contribution in [0.15, 0.2) is 24.8 Å². The summed E-state index contributed by atoms with van der Waals surface area (Å²) in [5.41, 5.74) is -0.261. The summed E-state index contributed by atoms with van der Waals surface area (Å²) >= 11 is 0. The van der Waals surface area contributed by atoms with Crippen LogP contribution in [0.1, 0.15) is 56.6 Å². The number of hydrogen-bond acceptors (Lipinski definition) is 2. The van der Waals surface area contributed by atoms with Crippen LogP contribution in [0.2, 0.25) is 0 Å². The number of aryl methyl sites for hydroxylation is 1. The van der Waals surface area contributed by atoms with Crippen molar-refractivity contribution in [2.75, 3.05) is 13.2 Å². The van der Waals surface area contributed by atoms with Gasteiger partial charge in [0.15, 0.2) is 11.6 Å². The van der Waals surface area contributed by atoms with Crippen LogP contribution in [0.3, 0.4) is 0 Å². The van der Waals surface area contributed by atoms with E-state index in [0.717, 1.165) is 25.7 Å². The lowest BCUT2D eigenvalue weighted by molar-refractivity contribution is -0.0396. The number of benzene rings is 1. The molecule has 1 aliphatic heterocycles. The summed E-state index contributed by atoms with van der Waals surface area (Å²) in [5, 5.41) is 0. The Morgan fingerprint density at radius 2 is 2.16 bits per heavy atom. The standard InChI is InChI=1S/C20H27F3O2/c1-3-5-7-15-9-11-17(19(21)18(15)20(22)23)25-13-16-10-8-14(6-4-2)12-24-16/h3,9,11,14,16,20H,1,4-8,10,12-13H2,2H3. The zero-order valence-electron chi connectivity index (χ0n) is 14.8. The van der Waals surface area contributed by atoms with E-state index in [2.05, 4.69) is 13.5 Å². The summed E-state index contributed by atoms with van der Waals surface area (Å²) in [5.74, 6) is -0.513. The number of ether oxygens (including phenoxy) is 2. The Morgan fingerprint density at radius 1 is 1.36 bits per heavy atom. The third-order valence-corrected chi connectivity index (χ3v) is 4.66. The maximum Gasteiger partial charge on any atom is 0.267 e. The first-order valence-corrected chi connectivity index (χ1v) is 9.01. The second kappa shape index (κ2) is 9.85. The van der Waals surface area contributed by atoms with E-state index in [1.165, 1.54) is 12.1 Å². The second-order valence-corrected chi connectivity index (χ2v) is 6.58. The van der Waals surface area contributed by atoms with E-state index in [9.17, 15) is 13.2 Å². The molecule has 0 N–H and O–H groups in total. The van der Waals surface area contributed by atoms with Gasteiger partial charge in [0.25, 0.3) is 6.43 Å². The molecule has 2 rings (SSSR count). The molecule has 0 amide bonds. The monoisotopic (exact) mass is 356 g/mol. The molecule has 1 aromatic carbocycles. The van der Waals surface area contributed by atoms with Crippen molar-refractivity contribution in [2.45, 2.75) is 58.0 Å². The zero-order chi connectivity index (χ0) is 18.2. The van der Waals surface area contributed by atoms with Crippen LogP contribution in [-0.4, -0.2) is 19.3 Å². The maximum absolute atomic E-state index is 14.5. The molecule has 0 bridgehead atoms. The summed E-state index contributed by atoms with van der Waals surface area (Å²) < 4.78 is 52.2. The van der Waals surface area contributed by atoms with Crippen LogP contribution in [0.5, 0.6) is 5.75 Å². The molecular weight excluding hydrogens is 329 g/mol. The molecule has 1 aromatic rings. The highest BCUT2D eigenvalue weighted by Gasteiger charge is 2.24. The van der Waals surface area contributed by atoms with Crippen LogP contribution in [0, 0.1) is 11.7 Å². The molecule has 0 aromatic heterocycles. The molecular formula is C20H27F3O2. The van der Waals surface area contributed by atoms with Crippen LogP contribution >= 0.6 is 0 Å². The van der Waals surface area contributed by atoms with Crippen molar-refractivity contribution in [3.63, 3.8) is 0 Å². The highest BCUT2D eigenvalue weighted by molar-refractivity contribution is 5.39. The topological polar surface area (TPSA) is 18.5 Å². The molecule has 140 valence electrons. The number of alkyl halides is 2. The Balaban J connectivity index is 1.98. The summed E-state index contributed by atoms with van der Waals surface area (Å²) in [4.78, 5) is 0. The summed E-state index contributed by atoms with van der Waals surface area (Å²) in [6.07, 6.45) is 3.70. The normalized spacial score (nSPS) is 20.7. The van der Waals surface area contributed by atoms with Crippen LogP contribution in [-0.2, 0) is 11.2 Å². The smallest absolute Gasteiger partial charge is 0.267 e. The van der Waals surface area contributed by atoms with Gasteiger partial charge < -0.3 is 9.47 Å². The lowest BCUT2D eigenvalue weighted by Gasteiger charge is -2.29. The van der Waals surface area contributed by atoms with E-state index in [0.29, 0.717) is 30.9 Å². The molecule has 5 heteroatoms. The van der Waals surface area contributed by atoms with Crippen molar-refractivity contribution in [3.8, 4) is 5.75 Å². The van der Waals surface area contributed by atoms with Gasteiger partial charge in [0.05, 0.1) is 11.7 Å². The Morgan fingerprint density at radius 3 is 2.76 bits per heavy atom. The zero-order valence-corrected chi connectivity index (χ0v) is 14.8. The van der Waals surface area contributed by atoms with Gasteiger partial charge in [-0.2, -0.15) is 0 Å². The fourth-order valence-electron chi connectivity index (χ4n) is 3.25. The predicted octanol–water partition coefficient (Wildman–Crippen LogP) is 5.86. The summed E-state index contributed by atoms with van der Waals surface area (Å²) in [6, 6.07) is 2.95. The van der Waals surface area contributed by atoms with Gasteiger partial charge >= 0.3 is 0 Å². The van der Waals surface area contributed by atoms with Crippen molar-refractivity contribution in [1.82, 2.24) is 0 Å². The van der Waals surface area contributed by atoms with Gasteiger partial charge in [0.2, 0.25) is 0 Å². The van der Waals surface area contributed by atoms with Crippen molar-refractivity contribution < 1.29 is 22.6 Å². The molecule has 0 radical (unpaired) electrons. The molecule has 0 aliphatic carbocycles. The van der Waals surface area contributed by atoms with E-state index < -0.39 is 17.8 Å². The molecule has 1 heterocycles. The van der Waals surface area contributed by atoms with Gasteiger partial charge in [-0.3, -0.25) is 0 Å². The fourth-order valence-corrected chi connectivity index (χ4v) is 3.25. The number of halogens is 3. The number of hydrogen-bond donors (Lipinski definition) is 0. The van der Waals surface area contributed by atoms with E-state index in [1.54, 1.807) is 6.08 Å². The van der Waals surface area contributed by atoms with E-state index in [-0.39, 0.29) is 18.5 Å². The Labute approximate surface area is 148 Å². The first kappa shape index (κ1) is 19.8. The third-order valence-electron chi connectivity index (χ3n) is 4.66. The third kappa shape index (κ3) is 5.50. The molecule has 1 saturated heterocycles. The number of rotatable bonds is 9. The van der Waals surface area contributed by atoms with Crippen molar-refractivity contribution in [2.24, 2.45) is 5.92 Å². The molecule has 2 nitrogen and oxygen atoms in total. The Bertz CT molecular complexity index is 552. The summed E-state index contributed by atoms with van der Waals surface area (Å²) in [7, 11) is 0. The van der Waals surface area contributed by atoms with E-state index >= 15 is 0 Å². The lowest BCUT2D eigenvalue weighted by Crippen LogP contribution is -2.30. The second-order valence-electron chi connectivity index (χ2n) is 6.58. The minimum Gasteiger partial charge on any atom is -0.488 e. The van der Waals surface area contributed by atoms with Gasteiger partial charge in [-0.25, -0.2) is 13.2 Å². The average Bonchev–Trinajstić information content (AvgIpc) is 2.60. The average molecular weight is 356 g/mol. The highest BCUT2D eigenvalue weighted by atomic mass is 19.3. The lowest BCUT2D eigenvalue weighted by atomic mass is 9.94. The molecule has 2 atom stereocenters. The fraction of sp³-hybridized carbons (Fsp3) is 0.600.